The van der Waals surface area contributed by atoms with Crippen LogP contribution in [0, 0.1) is 0 Å². The van der Waals surface area contributed by atoms with Crippen LogP contribution in [0.4, 0.5) is 5.13 Å². The maximum Gasteiger partial charge on any atom is 0.185 e. The van der Waals surface area contributed by atoms with Crippen LogP contribution in [-0.4, -0.2) is 43.1 Å². The third kappa shape index (κ3) is 3.00. The second-order valence-corrected chi connectivity index (χ2v) is 7.34. The lowest BCUT2D eigenvalue weighted by atomic mass is 9.91. The number of hydrogen-bond acceptors (Lipinski definition) is 5. The van der Waals surface area contributed by atoms with Crippen molar-refractivity contribution in [2.75, 3.05) is 38.1 Å². The molecule has 1 aliphatic rings. The summed E-state index contributed by atoms with van der Waals surface area (Å²) in [5.41, 5.74) is 1.33. The van der Waals surface area contributed by atoms with E-state index >= 15 is 0 Å². The van der Waals surface area contributed by atoms with Crippen LogP contribution in [0.2, 0.25) is 0 Å². The van der Waals surface area contributed by atoms with Crippen molar-refractivity contribution in [2.45, 2.75) is 31.9 Å². The highest BCUT2D eigenvalue weighted by Gasteiger charge is 2.25. The number of likely N-dealkylation sites (N-methyl/N-ethyl adjacent to an activating group) is 1. The first kappa shape index (κ1) is 14.2. The zero-order valence-electron chi connectivity index (χ0n) is 11.7. The number of piperazine rings is 1. The van der Waals surface area contributed by atoms with E-state index in [0.29, 0.717) is 0 Å². The minimum atomic E-state index is 0.111. The van der Waals surface area contributed by atoms with Crippen LogP contribution in [-0.2, 0) is 11.2 Å². The average molecular weight is 285 g/mol. The van der Waals surface area contributed by atoms with E-state index in [1.165, 1.54) is 15.7 Å². The van der Waals surface area contributed by atoms with Crippen LogP contribution in [0.25, 0.3) is 0 Å². The predicted molar refractivity (Wildman–Crippen MR) is 83.2 cm³/mol. The van der Waals surface area contributed by atoms with Gasteiger partial charge in [-0.1, -0.05) is 20.8 Å². The Balaban J connectivity index is 2.22. The lowest BCUT2D eigenvalue weighted by Crippen LogP contribution is -2.44. The molecule has 0 aliphatic carbocycles. The zero-order chi connectivity index (χ0) is 13.3. The third-order valence-corrected chi connectivity index (χ3v) is 4.96. The van der Waals surface area contributed by atoms with Gasteiger partial charge in [0, 0.05) is 42.2 Å². The molecule has 0 saturated carbocycles. The van der Waals surface area contributed by atoms with Crippen molar-refractivity contribution < 1.29 is 0 Å². The molecule has 2 rings (SSSR count). The van der Waals surface area contributed by atoms with Crippen molar-refractivity contribution in [2.24, 2.45) is 0 Å². The van der Waals surface area contributed by atoms with Crippen LogP contribution in [0.3, 0.4) is 0 Å². The minimum absolute atomic E-state index is 0.111. The van der Waals surface area contributed by atoms with Gasteiger partial charge in [-0.05, 0) is 7.05 Å². The van der Waals surface area contributed by atoms with Crippen molar-refractivity contribution in [3.63, 3.8) is 0 Å². The number of aromatic nitrogens is 1. The molecule has 0 bridgehead atoms. The van der Waals surface area contributed by atoms with E-state index in [9.17, 15) is 0 Å². The number of anilines is 1. The van der Waals surface area contributed by atoms with Crippen molar-refractivity contribution in [1.29, 1.82) is 0 Å². The van der Waals surface area contributed by atoms with Crippen LogP contribution in [0.5, 0.6) is 0 Å². The van der Waals surface area contributed by atoms with E-state index in [0.717, 1.165) is 31.9 Å². The van der Waals surface area contributed by atoms with Gasteiger partial charge in [-0.3, -0.25) is 0 Å². The Kier molecular flexibility index (Phi) is 4.24. The van der Waals surface area contributed by atoms with E-state index in [4.69, 9.17) is 4.98 Å². The van der Waals surface area contributed by atoms with Gasteiger partial charge in [0.2, 0.25) is 0 Å². The molecule has 0 radical (unpaired) electrons. The second-order valence-electron chi connectivity index (χ2n) is 5.97. The second kappa shape index (κ2) is 5.39. The lowest BCUT2D eigenvalue weighted by Gasteiger charge is -2.32. The summed E-state index contributed by atoms with van der Waals surface area (Å²) in [7, 11) is 2.18. The van der Waals surface area contributed by atoms with Crippen LogP contribution < -0.4 is 4.90 Å². The number of hydrogen-bond donors (Lipinski definition) is 1. The molecule has 1 aromatic rings. The maximum atomic E-state index is 4.88. The van der Waals surface area contributed by atoms with Gasteiger partial charge >= 0.3 is 0 Å². The molecular weight excluding hydrogens is 262 g/mol. The Morgan fingerprint density at radius 2 is 1.83 bits per heavy atom. The molecular formula is C13H23N3S2. The van der Waals surface area contributed by atoms with Crippen LogP contribution in [0.15, 0.2) is 0 Å². The van der Waals surface area contributed by atoms with E-state index in [2.05, 4.69) is 50.2 Å². The maximum absolute atomic E-state index is 4.88. The van der Waals surface area contributed by atoms with Gasteiger partial charge in [-0.2, -0.15) is 12.6 Å². The summed E-state index contributed by atoms with van der Waals surface area (Å²) in [6, 6.07) is 0. The summed E-state index contributed by atoms with van der Waals surface area (Å²) in [5.74, 6) is 0.790. The molecule has 0 N–H and O–H groups in total. The number of rotatable bonds is 2. The number of thiazole rings is 1. The summed E-state index contributed by atoms with van der Waals surface area (Å²) in [6.07, 6.45) is 0. The van der Waals surface area contributed by atoms with Crippen LogP contribution >= 0.6 is 24.0 Å². The SMILES string of the molecule is CN1CCN(c2nc(C(C)(C)C)c(CS)s2)CC1. The topological polar surface area (TPSA) is 19.4 Å². The molecule has 0 unspecified atom stereocenters. The number of nitrogens with zero attached hydrogens (tertiary/aromatic N) is 3. The summed E-state index contributed by atoms with van der Waals surface area (Å²) >= 11 is 6.26. The first-order valence-electron chi connectivity index (χ1n) is 6.46. The van der Waals surface area contributed by atoms with E-state index in [1.54, 1.807) is 0 Å². The molecule has 1 fully saturated rings. The summed E-state index contributed by atoms with van der Waals surface area (Å²) in [4.78, 5) is 11.0. The van der Waals surface area contributed by atoms with Crippen molar-refractivity contribution in [3.05, 3.63) is 10.6 Å². The summed E-state index contributed by atoms with van der Waals surface area (Å²) < 4.78 is 0. The molecule has 0 aromatic carbocycles. The first-order chi connectivity index (χ1) is 8.41. The highest BCUT2D eigenvalue weighted by Crippen LogP contribution is 2.34. The van der Waals surface area contributed by atoms with Crippen molar-refractivity contribution in [1.82, 2.24) is 9.88 Å². The smallest absolute Gasteiger partial charge is 0.185 e. The molecule has 2 heterocycles. The monoisotopic (exact) mass is 285 g/mol. The molecule has 5 heteroatoms. The van der Waals surface area contributed by atoms with Crippen molar-refractivity contribution in [3.8, 4) is 0 Å². The third-order valence-electron chi connectivity index (χ3n) is 3.31. The van der Waals surface area contributed by atoms with Gasteiger partial charge in [0.15, 0.2) is 5.13 Å². The summed E-state index contributed by atoms with van der Waals surface area (Å²) in [5, 5.41) is 1.18. The van der Waals surface area contributed by atoms with Crippen molar-refractivity contribution >= 4 is 29.1 Å². The van der Waals surface area contributed by atoms with Gasteiger partial charge < -0.3 is 9.80 Å². The van der Waals surface area contributed by atoms with Crippen LogP contribution in [0.1, 0.15) is 31.3 Å². The van der Waals surface area contributed by atoms with E-state index in [-0.39, 0.29) is 5.41 Å². The Morgan fingerprint density at radius 3 is 2.28 bits per heavy atom. The molecule has 1 aliphatic heterocycles. The molecule has 3 nitrogen and oxygen atoms in total. The van der Waals surface area contributed by atoms with Gasteiger partial charge in [0.05, 0.1) is 5.69 Å². The number of thiol groups is 1. The van der Waals surface area contributed by atoms with E-state index < -0.39 is 0 Å². The van der Waals surface area contributed by atoms with Gasteiger partial charge in [-0.15, -0.1) is 11.3 Å². The Morgan fingerprint density at radius 1 is 1.22 bits per heavy atom. The highest BCUT2D eigenvalue weighted by molar-refractivity contribution is 7.79. The normalized spacial score (nSPS) is 18.4. The molecule has 18 heavy (non-hydrogen) atoms. The largest absolute Gasteiger partial charge is 0.346 e. The molecule has 0 atom stereocenters. The Hall–Kier alpha value is -0.260. The quantitative estimate of drug-likeness (QED) is 0.843. The molecule has 1 aromatic heterocycles. The minimum Gasteiger partial charge on any atom is -0.346 e. The van der Waals surface area contributed by atoms with Gasteiger partial charge in [0.25, 0.3) is 0 Å². The molecule has 1 saturated heterocycles. The lowest BCUT2D eigenvalue weighted by molar-refractivity contribution is 0.312. The fraction of sp³-hybridized carbons (Fsp3) is 0.769. The predicted octanol–water partition coefficient (Wildman–Crippen LogP) is 2.62. The molecule has 102 valence electrons. The molecule has 0 amide bonds. The zero-order valence-corrected chi connectivity index (χ0v) is 13.4. The Bertz CT molecular complexity index is 401. The highest BCUT2D eigenvalue weighted by atomic mass is 32.1. The Labute approximate surface area is 120 Å². The first-order valence-corrected chi connectivity index (χ1v) is 7.91. The van der Waals surface area contributed by atoms with Gasteiger partial charge in [-0.25, -0.2) is 4.98 Å². The standard InChI is InChI=1S/C13H23N3S2/c1-13(2,3)11-10(9-17)18-12(14-11)16-7-5-15(4)6-8-16/h17H,5-9H2,1-4H3. The average Bonchev–Trinajstić information content (AvgIpc) is 2.73. The summed E-state index contributed by atoms with van der Waals surface area (Å²) in [6.45, 7) is 11.1. The van der Waals surface area contributed by atoms with E-state index in [1.807, 2.05) is 11.3 Å². The van der Waals surface area contributed by atoms with Gasteiger partial charge in [0.1, 0.15) is 0 Å². The fourth-order valence-electron chi connectivity index (χ4n) is 2.17. The fourth-order valence-corrected chi connectivity index (χ4v) is 3.69. The molecule has 0 spiro atoms.